The van der Waals surface area contributed by atoms with Crippen LogP contribution in [-0.4, -0.2) is 18.5 Å². The third-order valence-corrected chi connectivity index (χ3v) is 4.01. The lowest BCUT2D eigenvalue weighted by Gasteiger charge is -2.28. The van der Waals surface area contributed by atoms with E-state index in [-0.39, 0.29) is 12.5 Å². The van der Waals surface area contributed by atoms with Gasteiger partial charge in [-0.25, -0.2) is 0 Å². The van der Waals surface area contributed by atoms with Gasteiger partial charge < -0.3 is 11.1 Å². The molecule has 0 heterocycles. The molecule has 2 fully saturated rings. The molecular weight excluding hydrogens is 176 g/mol. The van der Waals surface area contributed by atoms with Crippen molar-refractivity contribution in [3.8, 4) is 0 Å². The second-order valence-corrected chi connectivity index (χ2v) is 4.90. The Morgan fingerprint density at radius 2 is 2.29 bits per heavy atom. The van der Waals surface area contributed by atoms with Crippen LogP contribution in [0.1, 0.15) is 32.6 Å². The summed E-state index contributed by atoms with van der Waals surface area (Å²) < 4.78 is 0. The molecule has 2 aliphatic rings. The van der Waals surface area contributed by atoms with Crippen LogP contribution < -0.4 is 11.1 Å². The molecule has 0 saturated heterocycles. The molecule has 0 aliphatic heterocycles. The van der Waals surface area contributed by atoms with Crippen LogP contribution in [0.4, 0.5) is 0 Å². The van der Waals surface area contributed by atoms with E-state index >= 15 is 0 Å². The van der Waals surface area contributed by atoms with Gasteiger partial charge in [-0.05, 0) is 43.9 Å². The molecule has 3 nitrogen and oxygen atoms in total. The second-order valence-electron chi connectivity index (χ2n) is 4.90. The number of amides is 1. The first-order valence-corrected chi connectivity index (χ1v) is 5.70. The molecule has 0 aromatic rings. The van der Waals surface area contributed by atoms with E-state index in [4.69, 9.17) is 5.73 Å². The van der Waals surface area contributed by atoms with E-state index in [1.807, 2.05) is 0 Å². The van der Waals surface area contributed by atoms with Crippen molar-refractivity contribution in [2.24, 2.45) is 23.5 Å². The van der Waals surface area contributed by atoms with Gasteiger partial charge in [-0.15, -0.1) is 0 Å². The van der Waals surface area contributed by atoms with Crippen molar-refractivity contribution in [1.82, 2.24) is 5.32 Å². The molecule has 2 aliphatic carbocycles. The highest BCUT2D eigenvalue weighted by Gasteiger charge is 2.41. The van der Waals surface area contributed by atoms with E-state index in [0.29, 0.717) is 12.0 Å². The summed E-state index contributed by atoms with van der Waals surface area (Å²) in [5.41, 5.74) is 5.28. The number of fused-ring (bicyclic) bond motifs is 2. The fourth-order valence-corrected chi connectivity index (χ4v) is 3.33. The Labute approximate surface area is 85.4 Å². The van der Waals surface area contributed by atoms with Crippen LogP contribution in [0.15, 0.2) is 0 Å². The molecule has 0 radical (unpaired) electrons. The van der Waals surface area contributed by atoms with Crippen LogP contribution >= 0.6 is 0 Å². The molecule has 0 aromatic carbocycles. The molecule has 0 spiro atoms. The van der Waals surface area contributed by atoms with Gasteiger partial charge in [0.25, 0.3) is 0 Å². The lowest BCUT2D eigenvalue weighted by Crippen LogP contribution is -2.42. The lowest BCUT2D eigenvalue weighted by molar-refractivity contribution is -0.120. The van der Waals surface area contributed by atoms with Crippen LogP contribution in [-0.2, 0) is 4.79 Å². The van der Waals surface area contributed by atoms with Crippen LogP contribution in [0.3, 0.4) is 0 Å². The summed E-state index contributed by atoms with van der Waals surface area (Å²) in [5, 5.41) is 2.99. The second kappa shape index (κ2) is 3.89. The standard InChI is InChI=1S/C11H20N2O/c1-7(13-11(14)6-12)10-5-8-2-3-9(10)4-8/h7-10H,2-6,12H2,1H3,(H,13,14). The van der Waals surface area contributed by atoms with Crippen molar-refractivity contribution >= 4 is 5.91 Å². The monoisotopic (exact) mass is 196 g/mol. The maximum Gasteiger partial charge on any atom is 0.233 e. The van der Waals surface area contributed by atoms with Gasteiger partial charge in [-0.3, -0.25) is 4.79 Å². The Bertz CT molecular complexity index is 229. The number of carbonyl (C=O) groups is 1. The number of carbonyl (C=O) groups excluding carboxylic acids is 1. The minimum Gasteiger partial charge on any atom is -0.352 e. The van der Waals surface area contributed by atoms with E-state index in [1.54, 1.807) is 0 Å². The molecule has 14 heavy (non-hydrogen) atoms. The van der Waals surface area contributed by atoms with Gasteiger partial charge in [0.1, 0.15) is 0 Å². The zero-order valence-corrected chi connectivity index (χ0v) is 8.83. The predicted octanol–water partition coefficient (Wildman–Crippen LogP) is 0.886. The number of rotatable bonds is 3. The first kappa shape index (κ1) is 9.97. The Morgan fingerprint density at radius 3 is 2.79 bits per heavy atom. The molecule has 0 aromatic heterocycles. The van der Waals surface area contributed by atoms with Gasteiger partial charge in [0, 0.05) is 6.04 Å². The SMILES string of the molecule is CC(NC(=O)CN)C1CC2CCC1C2. The lowest BCUT2D eigenvalue weighted by atomic mass is 9.84. The number of hydrogen-bond donors (Lipinski definition) is 2. The molecule has 2 rings (SSSR count). The van der Waals surface area contributed by atoms with Crippen molar-refractivity contribution in [2.75, 3.05) is 6.54 Å². The first-order chi connectivity index (χ1) is 6.70. The normalized spacial score (nSPS) is 37.1. The van der Waals surface area contributed by atoms with E-state index in [0.717, 1.165) is 11.8 Å². The number of nitrogens with one attached hydrogen (secondary N) is 1. The zero-order valence-electron chi connectivity index (χ0n) is 8.83. The minimum atomic E-state index is -0.0136. The maximum atomic E-state index is 11.1. The van der Waals surface area contributed by atoms with E-state index in [9.17, 15) is 4.79 Å². The maximum absolute atomic E-state index is 11.1. The fourth-order valence-electron chi connectivity index (χ4n) is 3.33. The van der Waals surface area contributed by atoms with Gasteiger partial charge in [-0.2, -0.15) is 0 Å². The Balaban J connectivity index is 1.86. The number of nitrogens with two attached hydrogens (primary N) is 1. The largest absolute Gasteiger partial charge is 0.352 e. The highest BCUT2D eigenvalue weighted by molar-refractivity contribution is 5.78. The smallest absolute Gasteiger partial charge is 0.233 e. The molecule has 4 atom stereocenters. The van der Waals surface area contributed by atoms with E-state index in [2.05, 4.69) is 12.2 Å². The molecular formula is C11H20N2O. The van der Waals surface area contributed by atoms with Gasteiger partial charge in [0.2, 0.25) is 5.91 Å². The summed E-state index contributed by atoms with van der Waals surface area (Å²) in [7, 11) is 0. The number of hydrogen-bond acceptors (Lipinski definition) is 2. The average Bonchev–Trinajstić information content (AvgIpc) is 2.78. The van der Waals surface area contributed by atoms with Crippen LogP contribution in [0.25, 0.3) is 0 Å². The molecule has 1 amide bonds. The molecule has 2 saturated carbocycles. The zero-order chi connectivity index (χ0) is 10.1. The van der Waals surface area contributed by atoms with E-state index < -0.39 is 0 Å². The predicted molar refractivity (Wildman–Crippen MR) is 55.6 cm³/mol. The van der Waals surface area contributed by atoms with Crippen molar-refractivity contribution in [2.45, 2.75) is 38.6 Å². The van der Waals surface area contributed by atoms with Crippen molar-refractivity contribution in [1.29, 1.82) is 0 Å². The van der Waals surface area contributed by atoms with Gasteiger partial charge in [0.15, 0.2) is 0 Å². The summed E-state index contributed by atoms with van der Waals surface area (Å²) in [6.07, 6.45) is 5.50. The summed E-state index contributed by atoms with van der Waals surface area (Å²) >= 11 is 0. The van der Waals surface area contributed by atoms with Crippen molar-refractivity contribution < 1.29 is 4.79 Å². The minimum absolute atomic E-state index is 0.0136. The van der Waals surface area contributed by atoms with Crippen molar-refractivity contribution in [3.63, 3.8) is 0 Å². The summed E-state index contributed by atoms with van der Waals surface area (Å²) in [6, 6.07) is 0.321. The van der Waals surface area contributed by atoms with Crippen LogP contribution in [0, 0.1) is 17.8 Å². The molecule has 3 heteroatoms. The highest BCUT2D eigenvalue weighted by atomic mass is 16.1. The fraction of sp³-hybridized carbons (Fsp3) is 0.909. The molecule has 4 unspecified atom stereocenters. The quantitative estimate of drug-likeness (QED) is 0.704. The van der Waals surface area contributed by atoms with Gasteiger partial charge in [-0.1, -0.05) is 6.42 Å². The summed E-state index contributed by atoms with van der Waals surface area (Å²) in [6.45, 7) is 2.24. The van der Waals surface area contributed by atoms with Crippen molar-refractivity contribution in [3.05, 3.63) is 0 Å². The summed E-state index contributed by atoms with van der Waals surface area (Å²) in [4.78, 5) is 11.1. The Hall–Kier alpha value is -0.570. The molecule has 80 valence electrons. The third-order valence-electron chi connectivity index (χ3n) is 4.01. The Kier molecular flexibility index (Phi) is 2.77. The average molecular weight is 196 g/mol. The van der Waals surface area contributed by atoms with Crippen LogP contribution in [0.5, 0.6) is 0 Å². The van der Waals surface area contributed by atoms with Gasteiger partial charge in [0.05, 0.1) is 6.54 Å². The van der Waals surface area contributed by atoms with Crippen LogP contribution in [0.2, 0.25) is 0 Å². The first-order valence-electron chi connectivity index (χ1n) is 5.70. The molecule has 3 N–H and O–H groups in total. The molecule has 2 bridgehead atoms. The Morgan fingerprint density at radius 1 is 1.50 bits per heavy atom. The van der Waals surface area contributed by atoms with Gasteiger partial charge >= 0.3 is 0 Å². The topological polar surface area (TPSA) is 55.1 Å². The summed E-state index contributed by atoms with van der Waals surface area (Å²) in [5.74, 6) is 2.51. The van der Waals surface area contributed by atoms with E-state index in [1.165, 1.54) is 25.7 Å². The third kappa shape index (κ3) is 1.78. The highest BCUT2D eigenvalue weighted by Crippen LogP contribution is 2.49.